The Balaban J connectivity index is 1.87. The van der Waals surface area contributed by atoms with Gasteiger partial charge in [-0.3, -0.25) is 0 Å². The molecule has 3 aliphatic rings. The van der Waals surface area contributed by atoms with Crippen LogP contribution in [0, 0.1) is 0 Å². The van der Waals surface area contributed by atoms with Gasteiger partial charge in [-0.15, -0.1) is 0 Å². The molecule has 5 nitrogen and oxygen atoms in total. The zero-order chi connectivity index (χ0) is 13.5. The quantitative estimate of drug-likeness (QED) is 0.429. The summed E-state index contributed by atoms with van der Waals surface area (Å²) < 4.78 is 21.3. The topological polar surface area (TPSA) is 51.2 Å². The number of rotatable bonds is 1. The van der Waals surface area contributed by atoms with Gasteiger partial charge >= 0.3 is 121 Å². The molecule has 0 saturated carbocycles. The van der Waals surface area contributed by atoms with Crippen molar-refractivity contribution in [2.45, 2.75) is 51.1 Å². The van der Waals surface area contributed by atoms with Crippen LogP contribution in [0.5, 0.6) is 0 Å². The predicted molar refractivity (Wildman–Crippen MR) is 79.1 cm³/mol. The van der Waals surface area contributed by atoms with E-state index in [1.165, 1.54) is 6.86 Å². The van der Waals surface area contributed by atoms with Crippen LogP contribution < -0.4 is 0 Å². The molecule has 0 aromatic rings. The number of hydrogen-bond acceptors (Lipinski definition) is 5. The van der Waals surface area contributed by atoms with Crippen molar-refractivity contribution in [2.75, 3.05) is 17.8 Å². The second-order valence-corrected chi connectivity index (χ2v) is 10.1. The summed E-state index contributed by atoms with van der Waals surface area (Å²) in [7, 11) is 0. The van der Waals surface area contributed by atoms with Gasteiger partial charge in [0.05, 0.1) is 0 Å². The molecule has 0 bridgehead atoms. The van der Waals surface area contributed by atoms with Crippen molar-refractivity contribution >= 4 is 20.1 Å². The van der Waals surface area contributed by atoms with E-state index >= 15 is 0 Å². The molecule has 6 heteroatoms. The van der Waals surface area contributed by atoms with E-state index < -0.39 is 25.9 Å². The molecule has 0 amide bonds. The summed E-state index contributed by atoms with van der Waals surface area (Å²) in [5, 5.41) is 10.2. The monoisotopic (exact) mass is 383 g/mol. The first-order valence-corrected chi connectivity index (χ1v) is 10.5. The summed E-state index contributed by atoms with van der Waals surface area (Å²) in [6, 6.07) is 0. The van der Waals surface area contributed by atoms with Crippen LogP contribution in [-0.2, 0) is 14.2 Å². The maximum atomic E-state index is 10.2. The Bertz CT molecular complexity index is 366. The summed E-state index contributed by atoms with van der Waals surface area (Å²) in [5.41, 5.74) is 0. The first-order valence-electron chi connectivity index (χ1n) is 6.89. The minimum atomic E-state index is -1.90. The Morgan fingerprint density at radius 2 is 2.11 bits per heavy atom. The second-order valence-electron chi connectivity index (χ2n) is 5.26. The third-order valence-electron chi connectivity index (χ3n) is 3.88. The fourth-order valence-electron chi connectivity index (χ4n) is 2.73. The summed E-state index contributed by atoms with van der Waals surface area (Å²) in [6.45, 7) is 5.33. The van der Waals surface area contributed by atoms with Crippen LogP contribution in [0.2, 0.25) is 0 Å². The number of alkyl halides is 1. The fourth-order valence-corrected chi connectivity index (χ4v) is 7.79. The zero-order valence-electron chi connectivity index (χ0n) is 11.5. The summed E-state index contributed by atoms with van der Waals surface area (Å²) in [6.07, 6.45) is 5.48. The van der Waals surface area contributed by atoms with Crippen molar-refractivity contribution in [3.05, 3.63) is 9.66 Å². The SMILES string of the molecule is C[C@@H]1OC2(CCCC=C2I2COCCN2O)O[C@H]1C. The van der Waals surface area contributed by atoms with Crippen molar-refractivity contribution < 1.29 is 19.4 Å². The first-order chi connectivity index (χ1) is 9.12. The molecule has 0 aromatic carbocycles. The molecule has 2 aliphatic heterocycles. The molecule has 2 saturated heterocycles. The van der Waals surface area contributed by atoms with Crippen LogP contribution >= 0.6 is 20.1 Å². The average Bonchev–Trinajstić information content (AvgIpc) is 2.67. The van der Waals surface area contributed by atoms with Crippen molar-refractivity contribution in [3.63, 3.8) is 0 Å². The van der Waals surface area contributed by atoms with Crippen molar-refractivity contribution in [3.8, 4) is 0 Å². The Hall–Kier alpha value is 0.270. The maximum absolute atomic E-state index is 10.2. The van der Waals surface area contributed by atoms with Crippen molar-refractivity contribution in [1.29, 1.82) is 0 Å². The first kappa shape index (κ1) is 14.2. The van der Waals surface area contributed by atoms with E-state index in [0.29, 0.717) is 17.8 Å². The number of nitrogens with zero attached hydrogens (tertiary/aromatic N) is 1. The molecule has 2 atom stereocenters. The normalized spacial score (nSPS) is 37.6. The van der Waals surface area contributed by atoms with Crippen LogP contribution in [0.1, 0.15) is 33.1 Å². The van der Waals surface area contributed by atoms with E-state index in [1.807, 2.05) is 0 Å². The fraction of sp³-hybridized carbons (Fsp3) is 0.846. The molecule has 0 aromatic heterocycles. The molecule has 3 rings (SSSR count). The molecule has 110 valence electrons. The average molecular weight is 383 g/mol. The molecule has 1 spiro atoms. The Labute approximate surface area is 121 Å². The second kappa shape index (κ2) is 5.57. The summed E-state index contributed by atoms with van der Waals surface area (Å²) in [4.78, 5) is 0. The Kier molecular flexibility index (Phi) is 4.17. The van der Waals surface area contributed by atoms with Gasteiger partial charge in [-0.2, -0.15) is 0 Å². The molecule has 19 heavy (non-hydrogen) atoms. The van der Waals surface area contributed by atoms with Gasteiger partial charge in [0, 0.05) is 0 Å². The van der Waals surface area contributed by atoms with Gasteiger partial charge in [-0.25, -0.2) is 0 Å². The molecule has 2 heterocycles. The Morgan fingerprint density at radius 1 is 1.37 bits per heavy atom. The van der Waals surface area contributed by atoms with Crippen LogP contribution in [0.3, 0.4) is 0 Å². The predicted octanol–water partition coefficient (Wildman–Crippen LogP) is 2.67. The number of hydrogen-bond donors (Lipinski definition) is 1. The van der Waals surface area contributed by atoms with Crippen molar-refractivity contribution in [1.82, 2.24) is 3.28 Å². The van der Waals surface area contributed by atoms with E-state index in [2.05, 4.69) is 19.9 Å². The summed E-state index contributed by atoms with van der Waals surface area (Å²) in [5.74, 6) is -0.580. The third kappa shape index (κ3) is 2.58. The van der Waals surface area contributed by atoms with Crippen LogP contribution in [-0.4, -0.2) is 44.2 Å². The van der Waals surface area contributed by atoms with Gasteiger partial charge in [0.15, 0.2) is 0 Å². The van der Waals surface area contributed by atoms with Gasteiger partial charge in [-0.1, -0.05) is 0 Å². The van der Waals surface area contributed by atoms with Gasteiger partial charge in [0.25, 0.3) is 0 Å². The van der Waals surface area contributed by atoms with Gasteiger partial charge in [0.2, 0.25) is 0 Å². The van der Waals surface area contributed by atoms with Crippen LogP contribution in [0.15, 0.2) is 9.66 Å². The molecular formula is C13H22INO4. The summed E-state index contributed by atoms with van der Waals surface area (Å²) >= 11 is -1.90. The molecule has 0 radical (unpaired) electrons. The van der Waals surface area contributed by atoms with E-state index in [0.717, 1.165) is 19.3 Å². The molecule has 1 aliphatic carbocycles. The zero-order valence-corrected chi connectivity index (χ0v) is 13.6. The van der Waals surface area contributed by atoms with Gasteiger partial charge < -0.3 is 0 Å². The van der Waals surface area contributed by atoms with E-state index in [9.17, 15) is 5.21 Å². The van der Waals surface area contributed by atoms with Crippen LogP contribution in [0.25, 0.3) is 0 Å². The number of hydroxylamine groups is 1. The molecule has 2 fully saturated rings. The van der Waals surface area contributed by atoms with Gasteiger partial charge in [0.1, 0.15) is 0 Å². The van der Waals surface area contributed by atoms with E-state index in [4.69, 9.17) is 14.2 Å². The Morgan fingerprint density at radius 3 is 2.79 bits per heavy atom. The molecular weight excluding hydrogens is 361 g/mol. The number of allylic oxidation sites excluding steroid dienone is 1. The van der Waals surface area contributed by atoms with Crippen LogP contribution in [0.4, 0.5) is 0 Å². The van der Waals surface area contributed by atoms with Crippen molar-refractivity contribution in [2.24, 2.45) is 0 Å². The van der Waals surface area contributed by atoms with E-state index in [1.54, 1.807) is 0 Å². The standard InChI is InChI=1S/C13H22INO4/c1-10-11(2)19-13(18-10)6-4-3-5-12(13)14-9-17-8-7-15(14)16/h5,10-11,16H,3-4,6-9H2,1-2H3/t10-,11-/m0/s1. The van der Waals surface area contributed by atoms with Gasteiger partial charge in [-0.05, 0) is 0 Å². The minimum absolute atomic E-state index is 0.107. The third-order valence-corrected chi connectivity index (χ3v) is 9.34. The molecule has 0 unspecified atom stereocenters. The molecule has 1 N–H and O–H groups in total. The number of ether oxygens (including phenoxy) is 3. The number of halogens is 1. The van der Waals surface area contributed by atoms with E-state index in [-0.39, 0.29) is 12.2 Å².